The van der Waals surface area contributed by atoms with Crippen molar-refractivity contribution in [1.29, 1.82) is 5.26 Å². The molecular weight excluding hydrogens is 288 g/mol. The molecule has 4 rings (SSSR count). The van der Waals surface area contributed by atoms with E-state index in [1.807, 2.05) is 42.5 Å². The van der Waals surface area contributed by atoms with Crippen LogP contribution in [0.2, 0.25) is 0 Å². The maximum absolute atomic E-state index is 8.97. The number of nitriles is 1. The van der Waals surface area contributed by atoms with Crippen LogP contribution < -0.4 is 0 Å². The Bertz CT molecular complexity index is 945. The zero-order valence-electron chi connectivity index (χ0n) is 12.1. The molecule has 0 amide bonds. The fourth-order valence-electron chi connectivity index (χ4n) is 2.68. The normalized spacial score (nSPS) is 12.1. The molecule has 2 aromatic carbocycles. The zero-order valence-corrected chi connectivity index (χ0v) is 12.1. The third-order valence-corrected chi connectivity index (χ3v) is 3.77. The smallest absolute Gasteiger partial charge is 0.137 e. The van der Waals surface area contributed by atoms with Gasteiger partial charge in [-0.3, -0.25) is 0 Å². The van der Waals surface area contributed by atoms with E-state index < -0.39 is 0 Å². The van der Waals surface area contributed by atoms with E-state index in [4.69, 9.17) is 9.68 Å². The SMILES string of the molecule is N#Cc1ccc(C(c2cc3ccccc3o2)n2cncn2)cc1. The number of fused-ring (bicyclic) bond motifs is 1. The topological polar surface area (TPSA) is 67.6 Å². The third-order valence-electron chi connectivity index (χ3n) is 3.77. The van der Waals surface area contributed by atoms with Gasteiger partial charge in [-0.2, -0.15) is 10.4 Å². The van der Waals surface area contributed by atoms with Crippen molar-refractivity contribution in [2.45, 2.75) is 6.04 Å². The Balaban J connectivity index is 1.86. The second kappa shape index (κ2) is 5.43. The number of benzene rings is 2. The summed E-state index contributed by atoms with van der Waals surface area (Å²) >= 11 is 0. The van der Waals surface area contributed by atoms with Gasteiger partial charge in [0.25, 0.3) is 0 Å². The van der Waals surface area contributed by atoms with Crippen molar-refractivity contribution in [3.05, 3.63) is 84.1 Å². The minimum Gasteiger partial charge on any atom is -0.458 e. The Hall–Kier alpha value is -3.39. The van der Waals surface area contributed by atoms with E-state index in [2.05, 4.69) is 16.2 Å². The van der Waals surface area contributed by atoms with E-state index >= 15 is 0 Å². The van der Waals surface area contributed by atoms with Crippen molar-refractivity contribution in [1.82, 2.24) is 14.8 Å². The quantitative estimate of drug-likeness (QED) is 0.580. The van der Waals surface area contributed by atoms with E-state index in [1.165, 1.54) is 6.33 Å². The van der Waals surface area contributed by atoms with Gasteiger partial charge in [0.2, 0.25) is 0 Å². The van der Waals surface area contributed by atoms with Gasteiger partial charge >= 0.3 is 0 Å². The molecular formula is C18H12N4O. The number of furan rings is 1. The summed E-state index contributed by atoms with van der Waals surface area (Å²) in [6, 6.07) is 19.2. The summed E-state index contributed by atoms with van der Waals surface area (Å²) in [7, 11) is 0. The molecule has 0 fully saturated rings. The number of aromatic nitrogens is 3. The van der Waals surface area contributed by atoms with Crippen molar-refractivity contribution in [3.8, 4) is 6.07 Å². The third kappa shape index (κ3) is 2.36. The number of nitrogens with zero attached hydrogens (tertiary/aromatic N) is 4. The molecule has 0 aliphatic heterocycles. The van der Waals surface area contributed by atoms with Gasteiger partial charge in [-0.25, -0.2) is 9.67 Å². The molecule has 4 aromatic rings. The Morgan fingerprint density at radius 3 is 2.61 bits per heavy atom. The molecule has 1 unspecified atom stereocenters. The van der Waals surface area contributed by atoms with Crippen LogP contribution in [0.25, 0.3) is 11.0 Å². The molecule has 0 aliphatic carbocycles. The molecule has 0 bridgehead atoms. The maximum Gasteiger partial charge on any atom is 0.137 e. The minimum atomic E-state index is -0.224. The lowest BCUT2D eigenvalue weighted by atomic mass is 10.0. The van der Waals surface area contributed by atoms with E-state index in [9.17, 15) is 0 Å². The van der Waals surface area contributed by atoms with Crippen LogP contribution in [0.1, 0.15) is 22.9 Å². The van der Waals surface area contributed by atoms with Gasteiger partial charge in [0.1, 0.15) is 30.0 Å². The van der Waals surface area contributed by atoms with Crippen LogP contribution in [-0.2, 0) is 0 Å². The highest BCUT2D eigenvalue weighted by Gasteiger charge is 2.21. The lowest BCUT2D eigenvalue weighted by Gasteiger charge is -2.15. The minimum absolute atomic E-state index is 0.224. The van der Waals surface area contributed by atoms with Crippen LogP contribution in [0, 0.1) is 11.3 Å². The first kappa shape index (κ1) is 13.3. The average molecular weight is 300 g/mol. The second-order valence-electron chi connectivity index (χ2n) is 5.20. The molecule has 5 nitrogen and oxygen atoms in total. The molecule has 110 valence electrons. The van der Waals surface area contributed by atoms with Crippen LogP contribution in [0.5, 0.6) is 0 Å². The first-order valence-electron chi connectivity index (χ1n) is 7.18. The summed E-state index contributed by atoms with van der Waals surface area (Å²) < 4.78 is 7.76. The lowest BCUT2D eigenvalue weighted by molar-refractivity contribution is 0.463. The van der Waals surface area contributed by atoms with Crippen molar-refractivity contribution < 1.29 is 4.42 Å². The Morgan fingerprint density at radius 1 is 1.09 bits per heavy atom. The van der Waals surface area contributed by atoms with Gasteiger partial charge in [0.15, 0.2) is 0 Å². The molecule has 2 heterocycles. The first-order valence-corrected chi connectivity index (χ1v) is 7.18. The van der Waals surface area contributed by atoms with Crippen molar-refractivity contribution in [2.75, 3.05) is 0 Å². The summed E-state index contributed by atoms with van der Waals surface area (Å²) in [5.74, 6) is 0.779. The molecule has 0 radical (unpaired) electrons. The van der Waals surface area contributed by atoms with Gasteiger partial charge in [-0.15, -0.1) is 0 Å². The molecule has 5 heteroatoms. The van der Waals surface area contributed by atoms with E-state index in [0.29, 0.717) is 5.56 Å². The summed E-state index contributed by atoms with van der Waals surface area (Å²) in [6.07, 6.45) is 3.16. The Morgan fingerprint density at radius 2 is 1.91 bits per heavy atom. The summed E-state index contributed by atoms with van der Waals surface area (Å²) in [5.41, 5.74) is 2.44. The molecule has 1 atom stereocenters. The predicted molar refractivity (Wildman–Crippen MR) is 84.6 cm³/mol. The Labute approximate surface area is 132 Å². The van der Waals surface area contributed by atoms with Crippen LogP contribution >= 0.6 is 0 Å². The fraction of sp³-hybridized carbons (Fsp3) is 0.0556. The van der Waals surface area contributed by atoms with E-state index in [0.717, 1.165) is 22.3 Å². The molecule has 0 saturated heterocycles. The first-order chi connectivity index (χ1) is 11.3. The highest BCUT2D eigenvalue weighted by atomic mass is 16.3. The number of rotatable bonds is 3. The van der Waals surface area contributed by atoms with Crippen LogP contribution in [0.3, 0.4) is 0 Å². The van der Waals surface area contributed by atoms with Crippen molar-refractivity contribution >= 4 is 11.0 Å². The highest BCUT2D eigenvalue weighted by molar-refractivity contribution is 5.78. The van der Waals surface area contributed by atoms with Crippen molar-refractivity contribution in [2.24, 2.45) is 0 Å². The van der Waals surface area contributed by atoms with Gasteiger partial charge in [-0.1, -0.05) is 30.3 Å². The highest BCUT2D eigenvalue weighted by Crippen LogP contribution is 2.30. The summed E-state index contributed by atoms with van der Waals surface area (Å²) in [6.45, 7) is 0. The largest absolute Gasteiger partial charge is 0.458 e. The standard InChI is InChI=1S/C18H12N4O/c19-10-13-5-7-14(8-6-13)18(22-12-20-11-21-22)17-9-15-3-1-2-4-16(15)23-17/h1-9,11-12,18H. The van der Waals surface area contributed by atoms with Gasteiger partial charge in [-0.05, 0) is 29.8 Å². The van der Waals surface area contributed by atoms with Crippen LogP contribution in [0.4, 0.5) is 0 Å². The van der Waals surface area contributed by atoms with Crippen molar-refractivity contribution in [3.63, 3.8) is 0 Å². The van der Waals surface area contributed by atoms with Crippen LogP contribution in [0.15, 0.2) is 71.7 Å². The second-order valence-corrected chi connectivity index (χ2v) is 5.20. The number of hydrogen-bond donors (Lipinski definition) is 0. The molecule has 2 aromatic heterocycles. The van der Waals surface area contributed by atoms with E-state index in [1.54, 1.807) is 23.1 Å². The zero-order chi connectivity index (χ0) is 15.6. The lowest BCUT2D eigenvalue weighted by Crippen LogP contribution is -2.12. The van der Waals surface area contributed by atoms with Gasteiger partial charge < -0.3 is 4.42 Å². The Kier molecular flexibility index (Phi) is 3.13. The summed E-state index contributed by atoms with van der Waals surface area (Å²) in [4.78, 5) is 4.04. The monoisotopic (exact) mass is 300 g/mol. The fourth-order valence-corrected chi connectivity index (χ4v) is 2.68. The van der Waals surface area contributed by atoms with Gasteiger partial charge in [0.05, 0.1) is 11.6 Å². The van der Waals surface area contributed by atoms with Crippen LogP contribution in [-0.4, -0.2) is 14.8 Å². The molecule has 0 spiro atoms. The number of hydrogen-bond acceptors (Lipinski definition) is 4. The van der Waals surface area contributed by atoms with Gasteiger partial charge in [0, 0.05) is 5.39 Å². The average Bonchev–Trinajstić information content (AvgIpc) is 3.25. The molecule has 0 aliphatic rings. The molecule has 0 saturated carbocycles. The predicted octanol–water partition coefficient (Wildman–Crippen LogP) is 3.53. The number of para-hydroxylation sites is 1. The summed E-state index contributed by atoms with van der Waals surface area (Å²) in [5, 5.41) is 14.3. The molecule has 23 heavy (non-hydrogen) atoms. The maximum atomic E-state index is 8.97. The molecule has 0 N–H and O–H groups in total. The van der Waals surface area contributed by atoms with E-state index in [-0.39, 0.29) is 6.04 Å².